The van der Waals surface area contributed by atoms with Gasteiger partial charge >= 0.3 is 0 Å². The topological polar surface area (TPSA) is 80.6 Å². The van der Waals surface area contributed by atoms with E-state index in [-0.39, 0.29) is 29.7 Å². The molecule has 2 aromatic carbocycles. The lowest BCUT2D eigenvalue weighted by molar-refractivity contribution is -0.123. The van der Waals surface area contributed by atoms with E-state index in [1.807, 2.05) is 65.4 Å². The molecule has 0 radical (unpaired) electrons. The molecule has 0 bridgehead atoms. The highest BCUT2D eigenvalue weighted by Crippen LogP contribution is 2.34. The maximum atomic E-state index is 13.0. The molecule has 2 aliphatic rings. The second-order valence-electron chi connectivity index (χ2n) is 8.74. The van der Waals surface area contributed by atoms with Crippen molar-refractivity contribution in [3.8, 4) is 0 Å². The maximum absolute atomic E-state index is 13.0. The first-order valence-corrected chi connectivity index (χ1v) is 12.7. The molecule has 3 amide bonds. The van der Waals surface area contributed by atoms with E-state index in [1.165, 1.54) is 4.90 Å². The highest BCUT2D eigenvalue weighted by atomic mass is 32.2. The van der Waals surface area contributed by atoms with Crippen LogP contribution in [-0.4, -0.2) is 52.3 Å². The first-order valence-electron chi connectivity index (χ1n) is 11.8. The maximum Gasteiger partial charge on any atom is 0.293 e. The molecule has 0 spiro atoms. The zero-order valence-electron chi connectivity index (χ0n) is 19.3. The van der Waals surface area contributed by atoms with Crippen LogP contribution in [0.2, 0.25) is 0 Å². The van der Waals surface area contributed by atoms with Crippen molar-refractivity contribution in [2.75, 3.05) is 19.7 Å². The first-order chi connectivity index (χ1) is 17.1. The van der Waals surface area contributed by atoms with E-state index in [0.717, 1.165) is 53.2 Å². The van der Waals surface area contributed by atoms with Gasteiger partial charge in [0.05, 0.1) is 11.0 Å². The van der Waals surface area contributed by atoms with Crippen molar-refractivity contribution in [3.05, 3.63) is 76.8 Å². The largest absolute Gasteiger partial charge is 0.376 e. The number of carbonyl (C=O) groups is 3. The number of imide groups is 1. The predicted octanol–water partition coefficient (Wildman–Crippen LogP) is 4.22. The summed E-state index contributed by atoms with van der Waals surface area (Å²) in [7, 11) is 0. The van der Waals surface area contributed by atoms with Gasteiger partial charge in [-0.1, -0.05) is 48.5 Å². The number of thioether (sulfide) groups is 1. The first kappa shape index (κ1) is 23.4. The van der Waals surface area contributed by atoms with E-state index in [1.54, 1.807) is 6.08 Å². The molecule has 35 heavy (non-hydrogen) atoms. The number of nitrogens with one attached hydrogen (secondary N) is 1. The number of ether oxygens (including phenoxy) is 1. The van der Waals surface area contributed by atoms with E-state index in [4.69, 9.17) is 4.74 Å². The van der Waals surface area contributed by atoms with Gasteiger partial charge in [-0.3, -0.25) is 19.3 Å². The van der Waals surface area contributed by atoms with Gasteiger partial charge in [0.1, 0.15) is 6.54 Å². The Hall–Kier alpha value is -3.36. The fourth-order valence-corrected chi connectivity index (χ4v) is 5.34. The quantitative estimate of drug-likeness (QED) is 0.480. The Morgan fingerprint density at radius 2 is 1.91 bits per heavy atom. The van der Waals surface area contributed by atoms with Gasteiger partial charge in [0.25, 0.3) is 11.1 Å². The molecular formula is C27H27N3O4S. The van der Waals surface area contributed by atoms with Gasteiger partial charge in [0.15, 0.2) is 0 Å². The molecule has 2 saturated heterocycles. The Kier molecular flexibility index (Phi) is 7.01. The molecule has 0 saturated carbocycles. The Labute approximate surface area is 208 Å². The summed E-state index contributed by atoms with van der Waals surface area (Å²) in [5.41, 5.74) is 2.78. The number of nitrogens with zero attached hydrogens (tertiary/aromatic N) is 2. The summed E-state index contributed by atoms with van der Waals surface area (Å²) in [6, 6.07) is 17.6. The number of benzene rings is 2. The predicted molar refractivity (Wildman–Crippen MR) is 137 cm³/mol. The fraction of sp³-hybridized carbons (Fsp3) is 0.296. The van der Waals surface area contributed by atoms with Gasteiger partial charge < -0.3 is 14.6 Å². The molecule has 3 aromatic rings. The summed E-state index contributed by atoms with van der Waals surface area (Å²) in [6.45, 7) is 1.78. The van der Waals surface area contributed by atoms with Crippen molar-refractivity contribution in [1.82, 2.24) is 14.8 Å². The van der Waals surface area contributed by atoms with Crippen LogP contribution in [0, 0.1) is 0 Å². The minimum Gasteiger partial charge on any atom is -0.376 e. The average molecular weight is 490 g/mol. The normalized spacial score (nSPS) is 19.3. The second-order valence-corrected chi connectivity index (χ2v) is 9.73. The number of fused-ring (bicyclic) bond motifs is 1. The molecule has 180 valence electrons. The number of amides is 3. The summed E-state index contributed by atoms with van der Waals surface area (Å²) in [5.74, 6) is -0.365. The van der Waals surface area contributed by atoms with Crippen molar-refractivity contribution in [2.24, 2.45) is 0 Å². The molecule has 2 fully saturated rings. The lowest BCUT2D eigenvalue weighted by atomic mass is 10.1. The van der Waals surface area contributed by atoms with E-state index in [2.05, 4.69) is 5.32 Å². The summed E-state index contributed by atoms with van der Waals surface area (Å²) in [6.07, 6.45) is 6.34. The Morgan fingerprint density at radius 3 is 2.71 bits per heavy atom. The monoisotopic (exact) mass is 489 g/mol. The summed E-state index contributed by atoms with van der Waals surface area (Å²) in [5, 5.41) is 3.63. The van der Waals surface area contributed by atoms with Crippen LogP contribution < -0.4 is 5.32 Å². The SMILES string of the molecule is O=C(Cn1cc(/C=C2\SC(=O)N(CCc3ccccc3)C2=O)c2ccccc21)NC[C@@H]1CCCO1. The zero-order valence-corrected chi connectivity index (χ0v) is 20.1. The molecule has 1 atom stereocenters. The summed E-state index contributed by atoms with van der Waals surface area (Å²) < 4.78 is 7.46. The van der Waals surface area contributed by atoms with Gasteiger partial charge in [0.2, 0.25) is 5.91 Å². The van der Waals surface area contributed by atoms with E-state index in [9.17, 15) is 14.4 Å². The molecule has 3 heterocycles. The second kappa shape index (κ2) is 10.5. The number of para-hydroxylation sites is 1. The molecule has 0 unspecified atom stereocenters. The fourth-order valence-electron chi connectivity index (χ4n) is 4.48. The number of rotatable bonds is 8. The summed E-state index contributed by atoms with van der Waals surface area (Å²) >= 11 is 0.962. The van der Waals surface area contributed by atoms with Crippen LogP contribution >= 0.6 is 11.8 Å². The molecule has 2 aliphatic heterocycles. The van der Waals surface area contributed by atoms with Crippen molar-refractivity contribution in [1.29, 1.82) is 0 Å². The lowest BCUT2D eigenvalue weighted by Gasteiger charge is -2.12. The van der Waals surface area contributed by atoms with Gasteiger partial charge in [-0.25, -0.2) is 0 Å². The highest BCUT2D eigenvalue weighted by molar-refractivity contribution is 8.18. The van der Waals surface area contributed by atoms with Crippen LogP contribution in [-0.2, 0) is 27.3 Å². The Balaban J connectivity index is 1.31. The van der Waals surface area contributed by atoms with E-state index in [0.29, 0.717) is 24.4 Å². The van der Waals surface area contributed by atoms with Crippen molar-refractivity contribution in [2.45, 2.75) is 31.9 Å². The van der Waals surface area contributed by atoms with Crippen LogP contribution in [0.5, 0.6) is 0 Å². The molecule has 1 aromatic heterocycles. The standard InChI is InChI=1S/C27H27N3O4S/c31-25(28-16-21-9-6-14-34-21)18-29-17-20(22-10-4-5-11-23(22)29)15-24-26(32)30(27(33)35-24)13-12-19-7-2-1-3-8-19/h1-5,7-8,10-11,15,17,21H,6,9,12-14,16,18H2,(H,28,31)/b24-15-/t21-/m0/s1. The van der Waals surface area contributed by atoms with Crippen LogP contribution in [0.3, 0.4) is 0 Å². The van der Waals surface area contributed by atoms with E-state index < -0.39 is 0 Å². The lowest BCUT2D eigenvalue weighted by Crippen LogP contribution is -2.34. The van der Waals surface area contributed by atoms with Crippen LogP contribution in [0.15, 0.2) is 65.7 Å². The van der Waals surface area contributed by atoms with Crippen molar-refractivity contribution < 1.29 is 19.1 Å². The third-order valence-electron chi connectivity index (χ3n) is 6.31. The molecule has 7 nitrogen and oxygen atoms in total. The van der Waals surface area contributed by atoms with E-state index >= 15 is 0 Å². The number of aromatic nitrogens is 1. The molecule has 0 aliphatic carbocycles. The van der Waals surface area contributed by atoms with Gasteiger partial charge in [-0.05, 0) is 48.7 Å². The van der Waals surface area contributed by atoms with Gasteiger partial charge in [-0.15, -0.1) is 0 Å². The van der Waals surface area contributed by atoms with Gasteiger partial charge in [0, 0.05) is 42.4 Å². The van der Waals surface area contributed by atoms with Crippen LogP contribution in [0.4, 0.5) is 4.79 Å². The van der Waals surface area contributed by atoms with Crippen molar-refractivity contribution in [3.63, 3.8) is 0 Å². The highest BCUT2D eigenvalue weighted by Gasteiger charge is 2.34. The molecule has 5 rings (SSSR count). The Bertz CT molecular complexity index is 1280. The number of hydrogen-bond donors (Lipinski definition) is 1. The minimum absolute atomic E-state index is 0.0889. The van der Waals surface area contributed by atoms with Crippen LogP contribution in [0.25, 0.3) is 17.0 Å². The molecular weight excluding hydrogens is 462 g/mol. The van der Waals surface area contributed by atoms with Gasteiger partial charge in [-0.2, -0.15) is 0 Å². The Morgan fingerprint density at radius 1 is 1.11 bits per heavy atom. The third kappa shape index (κ3) is 5.33. The number of hydrogen-bond acceptors (Lipinski definition) is 5. The van der Waals surface area contributed by atoms with Crippen molar-refractivity contribution >= 4 is 45.8 Å². The van der Waals surface area contributed by atoms with Crippen LogP contribution in [0.1, 0.15) is 24.0 Å². The number of carbonyl (C=O) groups excluding carboxylic acids is 3. The smallest absolute Gasteiger partial charge is 0.293 e. The minimum atomic E-state index is -0.276. The molecule has 8 heteroatoms. The molecule has 1 N–H and O–H groups in total. The zero-order chi connectivity index (χ0) is 24.2. The third-order valence-corrected chi connectivity index (χ3v) is 7.22. The average Bonchev–Trinajstić information content (AvgIpc) is 3.57. The summed E-state index contributed by atoms with van der Waals surface area (Å²) in [4.78, 5) is 39.9.